The lowest BCUT2D eigenvalue weighted by Gasteiger charge is -2.07. The van der Waals surface area contributed by atoms with Crippen LogP contribution in [0.3, 0.4) is 0 Å². The van der Waals surface area contributed by atoms with Crippen molar-refractivity contribution in [2.24, 2.45) is 0 Å². The lowest BCUT2D eigenvalue weighted by Crippen LogP contribution is -2.10. The number of rotatable bonds is 5. The second-order valence-electron chi connectivity index (χ2n) is 4.18. The van der Waals surface area contributed by atoms with Gasteiger partial charge >= 0.3 is 5.97 Å². The van der Waals surface area contributed by atoms with Gasteiger partial charge in [0.15, 0.2) is 0 Å². The van der Waals surface area contributed by atoms with Crippen molar-refractivity contribution in [3.63, 3.8) is 0 Å². The van der Waals surface area contributed by atoms with Crippen LogP contribution in [0.25, 0.3) is 0 Å². The molecule has 0 aromatic heterocycles. The van der Waals surface area contributed by atoms with E-state index >= 15 is 0 Å². The Morgan fingerprint density at radius 2 is 2.06 bits per heavy atom. The molecular weight excluding hydrogens is 200 g/mol. The zero-order valence-electron chi connectivity index (χ0n) is 10.4. The summed E-state index contributed by atoms with van der Waals surface area (Å²) in [5.41, 5.74) is 3.40. The molecule has 88 valence electrons. The van der Waals surface area contributed by atoms with Gasteiger partial charge in [0.1, 0.15) is 0 Å². The first-order valence-electron chi connectivity index (χ1n) is 5.85. The Bertz CT molecular complexity index is 356. The largest absolute Gasteiger partial charge is 0.465 e. The first kappa shape index (κ1) is 12.8. The van der Waals surface area contributed by atoms with Crippen LogP contribution >= 0.6 is 0 Å². The summed E-state index contributed by atoms with van der Waals surface area (Å²) in [6.45, 7) is 6.68. The lowest BCUT2D eigenvalue weighted by atomic mass is 10.0. The quantitative estimate of drug-likeness (QED) is 0.562. The first-order chi connectivity index (χ1) is 7.63. The van der Waals surface area contributed by atoms with Crippen LogP contribution in [0.4, 0.5) is 0 Å². The molecule has 0 atom stereocenters. The van der Waals surface area contributed by atoms with Crippen LogP contribution in [0.2, 0.25) is 0 Å². The van der Waals surface area contributed by atoms with Gasteiger partial charge in [-0.1, -0.05) is 37.1 Å². The number of hydrogen-bond donors (Lipinski definition) is 0. The van der Waals surface area contributed by atoms with E-state index in [1.165, 1.54) is 5.56 Å². The maximum absolute atomic E-state index is 11.5. The predicted octanol–water partition coefficient (Wildman–Crippen LogP) is 3.19. The minimum atomic E-state index is -0.123. The summed E-state index contributed by atoms with van der Waals surface area (Å²) in [5.74, 6) is -0.123. The molecule has 1 rings (SSSR count). The van der Waals surface area contributed by atoms with Crippen LogP contribution in [0, 0.1) is 13.8 Å². The number of carbonyl (C=O) groups excluding carboxylic acids is 1. The highest BCUT2D eigenvalue weighted by atomic mass is 16.5. The van der Waals surface area contributed by atoms with Gasteiger partial charge in [0.25, 0.3) is 0 Å². The third kappa shape index (κ3) is 4.05. The summed E-state index contributed by atoms with van der Waals surface area (Å²) in [6.07, 6.45) is 2.38. The summed E-state index contributed by atoms with van der Waals surface area (Å²) < 4.78 is 5.14. The smallest absolute Gasteiger partial charge is 0.310 e. The zero-order chi connectivity index (χ0) is 12.0. The standard InChI is InChI=1S/C14H20O2/c1-4-5-8-16-14(15)10-13-9-11(2)6-7-12(13)3/h6-7,9H,4-5,8,10H2,1-3H3. The minimum Gasteiger partial charge on any atom is -0.465 e. The number of aryl methyl sites for hydroxylation is 2. The second kappa shape index (κ2) is 6.31. The SMILES string of the molecule is CCCCOC(=O)Cc1cc(C)ccc1C. The molecule has 0 unspecified atom stereocenters. The van der Waals surface area contributed by atoms with Crippen LogP contribution < -0.4 is 0 Å². The Kier molecular flexibility index (Phi) is 5.03. The molecule has 0 heterocycles. The molecule has 0 aliphatic carbocycles. The number of unbranched alkanes of at least 4 members (excludes halogenated alkanes) is 1. The van der Waals surface area contributed by atoms with Crippen LogP contribution in [0.15, 0.2) is 18.2 Å². The highest BCUT2D eigenvalue weighted by Crippen LogP contribution is 2.11. The number of benzene rings is 1. The van der Waals surface area contributed by atoms with Crippen LogP contribution in [-0.4, -0.2) is 12.6 Å². The summed E-state index contributed by atoms with van der Waals surface area (Å²) in [4.78, 5) is 11.5. The van der Waals surface area contributed by atoms with E-state index in [0.29, 0.717) is 13.0 Å². The fourth-order valence-corrected chi connectivity index (χ4v) is 1.53. The second-order valence-corrected chi connectivity index (χ2v) is 4.18. The van der Waals surface area contributed by atoms with Crippen molar-refractivity contribution in [1.82, 2.24) is 0 Å². The molecule has 0 fully saturated rings. The topological polar surface area (TPSA) is 26.3 Å². The van der Waals surface area contributed by atoms with E-state index in [1.54, 1.807) is 0 Å². The van der Waals surface area contributed by atoms with Crippen LogP contribution in [-0.2, 0) is 16.0 Å². The Morgan fingerprint density at radius 1 is 1.31 bits per heavy atom. The maximum Gasteiger partial charge on any atom is 0.310 e. The highest BCUT2D eigenvalue weighted by molar-refractivity contribution is 5.73. The Labute approximate surface area is 97.6 Å². The normalized spacial score (nSPS) is 10.2. The van der Waals surface area contributed by atoms with E-state index in [-0.39, 0.29) is 5.97 Å². The monoisotopic (exact) mass is 220 g/mol. The number of carbonyl (C=O) groups is 1. The molecule has 0 amide bonds. The van der Waals surface area contributed by atoms with E-state index in [0.717, 1.165) is 24.0 Å². The van der Waals surface area contributed by atoms with Crippen molar-refractivity contribution in [2.45, 2.75) is 40.0 Å². The molecule has 0 aliphatic heterocycles. The number of esters is 1. The number of hydrogen-bond acceptors (Lipinski definition) is 2. The molecular formula is C14H20O2. The van der Waals surface area contributed by atoms with Gasteiger partial charge < -0.3 is 4.74 Å². The predicted molar refractivity (Wildman–Crippen MR) is 65.5 cm³/mol. The van der Waals surface area contributed by atoms with Gasteiger partial charge in [-0.05, 0) is 31.4 Å². The summed E-state index contributed by atoms with van der Waals surface area (Å²) in [5, 5.41) is 0. The fourth-order valence-electron chi connectivity index (χ4n) is 1.53. The lowest BCUT2D eigenvalue weighted by molar-refractivity contribution is -0.142. The molecule has 0 spiro atoms. The molecule has 0 aliphatic rings. The van der Waals surface area contributed by atoms with E-state index in [2.05, 4.69) is 19.1 Å². The van der Waals surface area contributed by atoms with E-state index < -0.39 is 0 Å². The van der Waals surface area contributed by atoms with E-state index in [9.17, 15) is 4.79 Å². The highest BCUT2D eigenvalue weighted by Gasteiger charge is 2.07. The summed E-state index contributed by atoms with van der Waals surface area (Å²) in [6, 6.07) is 6.15. The van der Waals surface area contributed by atoms with Crippen molar-refractivity contribution in [2.75, 3.05) is 6.61 Å². The number of ether oxygens (including phenoxy) is 1. The van der Waals surface area contributed by atoms with Crippen molar-refractivity contribution in [1.29, 1.82) is 0 Å². The van der Waals surface area contributed by atoms with Crippen LogP contribution in [0.5, 0.6) is 0 Å². The first-order valence-corrected chi connectivity index (χ1v) is 5.85. The van der Waals surface area contributed by atoms with Gasteiger partial charge in [0.05, 0.1) is 13.0 Å². The summed E-state index contributed by atoms with van der Waals surface area (Å²) >= 11 is 0. The molecule has 0 bridgehead atoms. The van der Waals surface area contributed by atoms with Gasteiger partial charge in [-0.3, -0.25) is 4.79 Å². The fraction of sp³-hybridized carbons (Fsp3) is 0.500. The van der Waals surface area contributed by atoms with Crippen molar-refractivity contribution in [3.05, 3.63) is 34.9 Å². The van der Waals surface area contributed by atoms with Gasteiger partial charge in [-0.15, -0.1) is 0 Å². The van der Waals surface area contributed by atoms with Crippen molar-refractivity contribution >= 4 is 5.97 Å². The van der Waals surface area contributed by atoms with Crippen LogP contribution in [0.1, 0.15) is 36.5 Å². The molecule has 0 radical (unpaired) electrons. The van der Waals surface area contributed by atoms with E-state index in [4.69, 9.17) is 4.74 Å². The van der Waals surface area contributed by atoms with Gasteiger partial charge in [-0.2, -0.15) is 0 Å². The Hall–Kier alpha value is -1.31. The molecule has 1 aromatic carbocycles. The molecule has 0 saturated carbocycles. The average molecular weight is 220 g/mol. The van der Waals surface area contributed by atoms with E-state index in [1.807, 2.05) is 19.9 Å². The van der Waals surface area contributed by atoms with Crippen molar-refractivity contribution in [3.8, 4) is 0 Å². The molecule has 0 saturated heterocycles. The van der Waals surface area contributed by atoms with Crippen molar-refractivity contribution < 1.29 is 9.53 Å². The summed E-state index contributed by atoms with van der Waals surface area (Å²) in [7, 11) is 0. The average Bonchev–Trinajstić information content (AvgIpc) is 2.24. The van der Waals surface area contributed by atoms with Gasteiger partial charge in [-0.25, -0.2) is 0 Å². The molecule has 0 N–H and O–H groups in total. The van der Waals surface area contributed by atoms with Gasteiger partial charge in [0.2, 0.25) is 0 Å². The molecule has 2 nitrogen and oxygen atoms in total. The zero-order valence-corrected chi connectivity index (χ0v) is 10.4. The molecule has 1 aromatic rings. The molecule has 2 heteroatoms. The Balaban J connectivity index is 2.52. The minimum absolute atomic E-state index is 0.123. The maximum atomic E-state index is 11.5. The third-order valence-corrected chi connectivity index (χ3v) is 2.60. The van der Waals surface area contributed by atoms with Gasteiger partial charge in [0, 0.05) is 0 Å². The Morgan fingerprint density at radius 3 is 2.75 bits per heavy atom. The third-order valence-electron chi connectivity index (χ3n) is 2.60. The molecule has 16 heavy (non-hydrogen) atoms.